The topological polar surface area (TPSA) is 21.7 Å². The van der Waals surface area contributed by atoms with Crippen molar-refractivity contribution in [1.82, 2.24) is 4.90 Å². The Morgan fingerprint density at radius 3 is 2.86 bits per heavy atom. The Hall–Kier alpha value is -1.22. The van der Waals surface area contributed by atoms with Crippen LogP contribution in [-0.2, 0) is 9.47 Å². The van der Waals surface area contributed by atoms with E-state index in [4.69, 9.17) is 9.47 Å². The largest absolute Gasteiger partial charge is 0.501 e. The van der Waals surface area contributed by atoms with Crippen molar-refractivity contribution in [2.24, 2.45) is 17.8 Å². The third kappa shape index (κ3) is 2.64. The molecule has 3 nitrogen and oxygen atoms in total. The van der Waals surface area contributed by atoms with E-state index in [0.717, 1.165) is 25.3 Å². The second-order valence-electron chi connectivity index (χ2n) is 6.43. The molecule has 3 aliphatic rings. The number of ether oxygens (including phenoxy) is 2. The molecule has 0 aromatic rings. The van der Waals surface area contributed by atoms with E-state index >= 15 is 0 Å². The summed E-state index contributed by atoms with van der Waals surface area (Å²) < 4.78 is 10.9. The van der Waals surface area contributed by atoms with E-state index in [1.807, 2.05) is 0 Å². The van der Waals surface area contributed by atoms with E-state index in [2.05, 4.69) is 36.1 Å². The highest BCUT2D eigenvalue weighted by atomic mass is 16.5. The van der Waals surface area contributed by atoms with Crippen molar-refractivity contribution in [3.05, 3.63) is 35.8 Å². The van der Waals surface area contributed by atoms with Crippen LogP contribution in [0.2, 0.25) is 0 Å². The summed E-state index contributed by atoms with van der Waals surface area (Å²) in [7, 11) is 3.59. The van der Waals surface area contributed by atoms with Crippen molar-refractivity contribution in [2.75, 3.05) is 27.4 Å². The number of fused-ring (bicyclic) bond motifs is 3. The molecule has 3 rings (SSSR count). The summed E-state index contributed by atoms with van der Waals surface area (Å²) in [4.78, 5) is 2.58. The van der Waals surface area contributed by atoms with Gasteiger partial charge in [-0.15, -0.1) is 0 Å². The first-order valence-corrected chi connectivity index (χ1v) is 8.14. The maximum atomic E-state index is 5.60. The van der Waals surface area contributed by atoms with Crippen LogP contribution in [0.5, 0.6) is 0 Å². The number of hydrogen-bond donors (Lipinski definition) is 0. The molecule has 1 aliphatic heterocycles. The van der Waals surface area contributed by atoms with Crippen molar-refractivity contribution in [3.8, 4) is 0 Å². The zero-order valence-electron chi connectivity index (χ0n) is 13.4. The number of hydrogen-bond acceptors (Lipinski definition) is 3. The van der Waals surface area contributed by atoms with Crippen LogP contribution in [0.15, 0.2) is 35.8 Å². The van der Waals surface area contributed by atoms with Gasteiger partial charge in [-0.2, -0.15) is 0 Å². The lowest BCUT2D eigenvalue weighted by Crippen LogP contribution is -2.46. The Balaban J connectivity index is 1.84. The predicted molar refractivity (Wildman–Crippen MR) is 84.7 cm³/mol. The normalized spacial score (nSPS) is 34.7. The van der Waals surface area contributed by atoms with Crippen LogP contribution in [-0.4, -0.2) is 38.3 Å². The van der Waals surface area contributed by atoms with Gasteiger partial charge in [-0.3, -0.25) is 0 Å². The van der Waals surface area contributed by atoms with Gasteiger partial charge < -0.3 is 14.4 Å². The number of methoxy groups -OCH3 is 2. The summed E-state index contributed by atoms with van der Waals surface area (Å²) in [6.45, 7) is 4.16. The zero-order chi connectivity index (χ0) is 14.8. The molecule has 0 bridgehead atoms. The first-order chi connectivity index (χ1) is 10.3. The Kier molecular flexibility index (Phi) is 4.39. The lowest BCUT2D eigenvalue weighted by molar-refractivity contribution is 0.0858. The fourth-order valence-corrected chi connectivity index (χ4v) is 4.27. The third-order valence-electron chi connectivity index (χ3n) is 5.38. The Morgan fingerprint density at radius 2 is 2.10 bits per heavy atom. The molecule has 116 valence electrons. The molecular formula is C18H27NO2. The summed E-state index contributed by atoms with van der Waals surface area (Å²) in [5.41, 5.74) is 1.55. The molecule has 0 aromatic heterocycles. The second kappa shape index (κ2) is 6.27. The van der Waals surface area contributed by atoms with E-state index in [1.165, 1.54) is 12.8 Å². The van der Waals surface area contributed by atoms with Gasteiger partial charge in [0.05, 0.1) is 19.5 Å². The van der Waals surface area contributed by atoms with Crippen LogP contribution < -0.4 is 0 Å². The molecule has 21 heavy (non-hydrogen) atoms. The highest BCUT2D eigenvalue weighted by Gasteiger charge is 2.41. The molecule has 1 heterocycles. The maximum Gasteiger partial charge on any atom is 0.0995 e. The fourth-order valence-electron chi connectivity index (χ4n) is 4.27. The molecule has 0 radical (unpaired) electrons. The van der Waals surface area contributed by atoms with Gasteiger partial charge in [-0.1, -0.05) is 18.2 Å². The number of rotatable bonds is 4. The van der Waals surface area contributed by atoms with Crippen LogP contribution >= 0.6 is 0 Å². The highest BCUT2D eigenvalue weighted by molar-refractivity contribution is 5.28. The summed E-state index contributed by atoms with van der Waals surface area (Å²) in [5.74, 6) is 2.93. The van der Waals surface area contributed by atoms with Gasteiger partial charge in [0.1, 0.15) is 0 Å². The maximum absolute atomic E-state index is 5.60. The van der Waals surface area contributed by atoms with Crippen molar-refractivity contribution in [1.29, 1.82) is 0 Å². The molecule has 0 amide bonds. The summed E-state index contributed by atoms with van der Waals surface area (Å²) in [6.07, 6.45) is 12.8. The predicted octanol–water partition coefficient (Wildman–Crippen LogP) is 3.35. The number of nitrogens with zero attached hydrogens (tertiary/aromatic N) is 1. The van der Waals surface area contributed by atoms with Gasteiger partial charge in [-0.05, 0) is 38.2 Å². The molecule has 1 saturated heterocycles. The SMILES string of the molecule is COCCN1C2=CCC3C(OC)=CC=CC3[C@@H]2CCC1C. The fraction of sp³-hybridized carbons (Fsp3) is 0.667. The smallest absolute Gasteiger partial charge is 0.0995 e. The molecule has 0 saturated carbocycles. The van der Waals surface area contributed by atoms with Gasteiger partial charge in [-0.25, -0.2) is 0 Å². The average Bonchev–Trinajstić information content (AvgIpc) is 2.52. The minimum atomic E-state index is 0.534. The molecule has 1 fully saturated rings. The van der Waals surface area contributed by atoms with Crippen LogP contribution in [0.4, 0.5) is 0 Å². The average molecular weight is 289 g/mol. The molecule has 4 atom stereocenters. The molecular weight excluding hydrogens is 262 g/mol. The molecule has 0 aromatic carbocycles. The van der Waals surface area contributed by atoms with E-state index in [9.17, 15) is 0 Å². The van der Waals surface area contributed by atoms with Crippen molar-refractivity contribution < 1.29 is 9.47 Å². The number of likely N-dealkylation sites (tertiary alicyclic amines) is 1. The first-order valence-electron chi connectivity index (χ1n) is 8.14. The molecule has 0 N–H and O–H groups in total. The van der Waals surface area contributed by atoms with E-state index in [-0.39, 0.29) is 0 Å². The van der Waals surface area contributed by atoms with Crippen molar-refractivity contribution >= 4 is 0 Å². The molecule has 0 spiro atoms. The summed E-state index contributed by atoms with van der Waals surface area (Å²) in [5, 5.41) is 0. The van der Waals surface area contributed by atoms with Gasteiger partial charge in [0.2, 0.25) is 0 Å². The Morgan fingerprint density at radius 1 is 1.24 bits per heavy atom. The minimum Gasteiger partial charge on any atom is -0.501 e. The second-order valence-corrected chi connectivity index (χ2v) is 6.43. The van der Waals surface area contributed by atoms with Crippen LogP contribution in [0, 0.1) is 17.8 Å². The lowest BCUT2D eigenvalue weighted by Gasteiger charge is -2.48. The highest BCUT2D eigenvalue weighted by Crippen LogP contribution is 2.47. The quantitative estimate of drug-likeness (QED) is 0.792. The minimum absolute atomic E-state index is 0.534. The van der Waals surface area contributed by atoms with Crippen molar-refractivity contribution in [3.63, 3.8) is 0 Å². The van der Waals surface area contributed by atoms with Crippen LogP contribution in [0.3, 0.4) is 0 Å². The van der Waals surface area contributed by atoms with Crippen LogP contribution in [0.1, 0.15) is 26.2 Å². The zero-order valence-corrected chi connectivity index (χ0v) is 13.4. The van der Waals surface area contributed by atoms with Crippen molar-refractivity contribution in [2.45, 2.75) is 32.2 Å². The van der Waals surface area contributed by atoms with Gasteiger partial charge >= 0.3 is 0 Å². The molecule has 3 unspecified atom stereocenters. The van der Waals surface area contributed by atoms with Crippen LogP contribution in [0.25, 0.3) is 0 Å². The van der Waals surface area contributed by atoms with E-state index < -0.39 is 0 Å². The van der Waals surface area contributed by atoms with E-state index in [1.54, 1.807) is 19.9 Å². The molecule has 3 heteroatoms. The number of allylic oxidation sites excluding steroid dienone is 6. The van der Waals surface area contributed by atoms with Gasteiger partial charge in [0, 0.05) is 37.2 Å². The van der Waals surface area contributed by atoms with Gasteiger partial charge in [0.25, 0.3) is 0 Å². The Bertz CT molecular complexity index is 466. The summed E-state index contributed by atoms with van der Waals surface area (Å²) >= 11 is 0. The summed E-state index contributed by atoms with van der Waals surface area (Å²) in [6, 6.07) is 0.629. The first kappa shape index (κ1) is 14.7. The Labute approximate surface area is 128 Å². The lowest BCUT2D eigenvalue weighted by atomic mass is 9.67. The number of piperidine rings is 1. The monoisotopic (exact) mass is 289 g/mol. The van der Waals surface area contributed by atoms with Gasteiger partial charge in [0.15, 0.2) is 0 Å². The molecule has 2 aliphatic carbocycles. The standard InChI is InChI=1S/C18H27NO2/c1-13-7-8-15-14-5-4-6-18(21-3)16(14)9-10-17(15)19(13)11-12-20-2/h4-6,10,13-16H,7-9,11-12H2,1-3H3/t13?,14?,15-,16?/m0/s1. The third-order valence-corrected chi connectivity index (χ3v) is 5.38. The van der Waals surface area contributed by atoms with E-state index in [0.29, 0.717) is 23.8 Å².